The van der Waals surface area contributed by atoms with E-state index < -0.39 is 0 Å². The summed E-state index contributed by atoms with van der Waals surface area (Å²) in [5.41, 5.74) is 20.1. The molecule has 0 aromatic heterocycles. The molecule has 0 aliphatic carbocycles. The standard InChI is InChI=1S/C15H23Br.C15H11Cl.C13H11Cl.C11H15Br.C11H9Cl.C10H13Cl.C8H9Br.C8H9Cl/c1-14(2,3)12-7-11(10-16)8-13(9-12)15(4,5)6;16-10-15-13-7-3-1-5-11(13)9-12-6-2-4-8-14(12)15;14-13(11-7-3-1-4-8-11)12-9-5-2-6-10-12;1-11(2,3)10-6-4-9(8-12)5-7-10;12-8-10-6-3-5-9-4-1-2-7-11(9)10;1-8(2)10-5-3-9(7-11)4-6-10;2*1-7-2-4-8(6-9)5-3-7/h7-9H,10H2,1-6H3;1-9H,10H2;1-10,13H;4-7H,8H2,1-3H3;1-7H,8H2;3-6,8H,7H2,1-2H3;2*2-5H,6H2,1H3. The molecule has 0 saturated carbocycles. The Labute approximate surface area is 645 Å². The van der Waals surface area contributed by atoms with E-state index >= 15 is 0 Å². The lowest BCUT2D eigenvalue weighted by Gasteiger charge is -2.26. The molecule has 0 aliphatic heterocycles. The zero-order chi connectivity index (χ0) is 72.5. The van der Waals surface area contributed by atoms with Crippen LogP contribution in [0.4, 0.5) is 0 Å². The minimum atomic E-state index is -0.0441. The number of aryl methyl sites for hydroxylation is 2. The maximum absolute atomic E-state index is 6.33. The fourth-order valence-electron chi connectivity index (χ4n) is 10.2. The van der Waals surface area contributed by atoms with Gasteiger partial charge in [-0.3, -0.25) is 0 Å². The van der Waals surface area contributed by atoms with Crippen LogP contribution >= 0.6 is 106 Å². The number of benzene rings is 12. The zero-order valence-electron chi connectivity index (χ0n) is 60.1. The van der Waals surface area contributed by atoms with E-state index in [2.05, 4.69) is 320 Å². The van der Waals surface area contributed by atoms with Gasteiger partial charge < -0.3 is 0 Å². The molecule has 0 heterocycles. The minimum absolute atomic E-state index is 0.0441. The van der Waals surface area contributed by atoms with Crippen molar-refractivity contribution in [2.75, 3.05) is 0 Å². The summed E-state index contributed by atoms with van der Waals surface area (Å²) in [5.74, 6) is 2.97. The predicted molar refractivity (Wildman–Crippen MR) is 454 cm³/mol. The van der Waals surface area contributed by atoms with Gasteiger partial charge in [-0.05, 0) is 147 Å². The molecule has 0 radical (unpaired) electrons. The molecule has 0 saturated heterocycles. The normalized spacial score (nSPS) is 10.9. The van der Waals surface area contributed by atoms with E-state index in [4.69, 9.17) is 58.0 Å². The molecule has 12 aromatic carbocycles. The van der Waals surface area contributed by atoms with E-state index in [0.717, 1.165) is 27.1 Å². The highest BCUT2D eigenvalue weighted by Gasteiger charge is 2.20. The Balaban J connectivity index is 0.000000206. The molecule has 0 bridgehead atoms. The maximum atomic E-state index is 6.33. The third-order valence-corrected chi connectivity index (χ3v) is 20.0. The van der Waals surface area contributed by atoms with E-state index in [1.807, 2.05) is 91.0 Å². The van der Waals surface area contributed by atoms with Crippen LogP contribution in [-0.2, 0) is 55.8 Å². The van der Waals surface area contributed by atoms with Gasteiger partial charge in [-0.15, -0.1) is 58.0 Å². The molecule has 12 rings (SSSR count). The van der Waals surface area contributed by atoms with Crippen LogP contribution in [-0.4, -0.2) is 0 Å². The van der Waals surface area contributed by atoms with Crippen LogP contribution in [0.5, 0.6) is 0 Å². The predicted octanol–water partition coefficient (Wildman–Crippen LogP) is 30.6. The fourth-order valence-corrected chi connectivity index (χ4v) is 12.4. The SMILES string of the molecule is CC(C)(C)c1cc(CBr)cc(C(C)(C)C)c1.CC(C)(C)c1ccc(CBr)cc1.CC(C)c1ccc(CCl)cc1.Cc1ccc(CBr)cc1.Cc1ccc(CCl)cc1.ClC(c1ccccc1)c1ccccc1.ClCc1c2ccccc2cc2ccccc12.ClCc1cccc2ccccc12. The molecule has 8 heteroatoms. The molecule has 0 amide bonds. The Morgan fingerprint density at radius 3 is 1.03 bits per heavy atom. The highest BCUT2D eigenvalue weighted by Crippen LogP contribution is 2.33. The average Bonchev–Trinajstić information content (AvgIpc) is 0.794. The first-order chi connectivity index (χ1) is 47.3. The highest BCUT2D eigenvalue weighted by atomic mass is 79.9. The van der Waals surface area contributed by atoms with Crippen molar-refractivity contribution in [2.45, 2.75) is 157 Å². The number of hydrogen-bond donors (Lipinski definition) is 0. The lowest BCUT2D eigenvalue weighted by Crippen LogP contribution is -2.16. The summed E-state index contributed by atoms with van der Waals surface area (Å²) in [5, 5.41) is 10.3. The van der Waals surface area contributed by atoms with Crippen molar-refractivity contribution in [1.82, 2.24) is 0 Å². The van der Waals surface area contributed by atoms with E-state index in [-0.39, 0.29) is 21.6 Å². The van der Waals surface area contributed by atoms with Crippen LogP contribution in [0.2, 0.25) is 0 Å². The van der Waals surface area contributed by atoms with Gasteiger partial charge in [0.05, 0.1) is 5.38 Å². The first kappa shape index (κ1) is 84.0. The summed E-state index contributed by atoms with van der Waals surface area (Å²) >= 11 is 39.8. The summed E-state index contributed by atoms with van der Waals surface area (Å²) < 4.78 is 0. The summed E-state index contributed by atoms with van der Waals surface area (Å²) in [6.07, 6.45) is 0. The second kappa shape index (κ2) is 43.3. The van der Waals surface area contributed by atoms with E-state index in [1.54, 1.807) is 0 Å². The Morgan fingerprint density at radius 2 is 0.657 bits per heavy atom. The van der Waals surface area contributed by atoms with Crippen LogP contribution in [0.15, 0.2) is 273 Å². The van der Waals surface area contributed by atoms with Gasteiger partial charge in [-0.2, -0.15) is 0 Å². The van der Waals surface area contributed by atoms with Crippen molar-refractivity contribution in [2.24, 2.45) is 0 Å². The third-order valence-electron chi connectivity index (χ3n) is 16.4. The van der Waals surface area contributed by atoms with Crippen molar-refractivity contribution < 1.29 is 0 Å². The summed E-state index contributed by atoms with van der Waals surface area (Å²) in [6, 6.07) is 94.6. The summed E-state index contributed by atoms with van der Waals surface area (Å²) in [4.78, 5) is 0. The quantitative estimate of drug-likeness (QED) is 0.0946. The number of halogens is 8. The first-order valence-corrected chi connectivity index (χ1v) is 39.7. The number of fused-ring (bicyclic) bond motifs is 3. The molecule has 0 unspecified atom stereocenters. The van der Waals surface area contributed by atoms with Crippen molar-refractivity contribution in [1.29, 1.82) is 0 Å². The van der Waals surface area contributed by atoms with Crippen molar-refractivity contribution in [3.05, 3.63) is 356 Å². The van der Waals surface area contributed by atoms with Crippen LogP contribution in [0.25, 0.3) is 32.3 Å². The second-order valence-corrected chi connectivity index (χ2v) is 31.0. The lowest BCUT2D eigenvalue weighted by atomic mass is 9.80. The molecular weight excluding hydrogens is 1510 g/mol. The summed E-state index contributed by atoms with van der Waals surface area (Å²) in [7, 11) is 0. The summed E-state index contributed by atoms with van der Waals surface area (Å²) in [6.45, 7) is 28.9. The van der Waals surface area contributed by atoms with Crippen molar-refractivity contribution >= 4 is 138 Å². The molecule has 0 aliphatic rings. The number of hydrogen-bond acceptors (Lipinski definition) is 0. The van der Waals surface area contributed by atoms with Crippen LogP contribution in [0.3, 0.4) is 0 Å². The maximum Gasteiger partial charge on any atom is 0.0835 e. The van der Waals surface area contributed by atoms with Gasteiger partial charge in [0.15, 0.2) is 0 Å². The van der Waals surface area contributed by atoms with Crippen LogP contribution < -0.4 is 0 Å². The minimum Gasteiger partial charge on any atom is -0.122 e. The van der Waals surface area contributed by atoms with Gasteiger partial charge in [-0.25, -0.2) is 0 Å². The van der Waals surface area contributed by atoms with Crippen LogP contribution in [0, 0.1) is 13.8 Å². The topological polar surface area (TPSA) is 0 Å². The van der Waals surface area contributed by atoms with E-state index in [1.165, 1.54) is 105 Å². The third kappa shape index (κ3) is 28.9. The Kier molecular flexibility index (Phi) is 36.7. The average molecular weight is 1610 g/mol. The smallest absolute Gasteiger partial charge is 0.0835 e. The van der Waals surface area contributed by atoms with Gasteiger partial charge in [0.2, 0.25) is 0 Å². The van der Waals surface area contributed by atoms with Gasteiger partial charge in [0.25, 0.3) is 0 Å². The molecular formula is C91H100Br3Cl5. The van der Waals surface area contributed by atoms with E-state index in [9.17, 15) is 0 Å². The van der Waals surface area contributed by atoms with Crippen molar-refractivity contribution in [3.8, 4) is 0 Å². The molecule has 0 atom stereocenters. The zero-order valence-corrected chi connectivity index (χ0v) is 68.6. The van der Waals surface area contributed by atoms with Gasteiger partial charge in [0, 0.05) is 39.5 Å². The second-order valence-electron chi connectivity index (χ2n) is 27.8. The molecule has 520 valence electrons. The first-order valence-electron chi connectivity index (χ1n) is 33.7. The highest BCUT2D eigenvalue weighted by molar-refractivity contribution is 9.09. The molecule has 0 nitrogen and oxygen atoms in total. The van der Waals surface area contributed by atoms with Gasteiger partial charge >= 0.3 is 0 Å². The van der Waals surface area contributed by atoms with E-state index in [0.29, 0.717) is 29.4 Å². The monoisotopic (exact) mass is 1600 g/mol. The Morgan fingerprint density at radius 1 is 0.303 bits per heavy atom. The molecule has 0 spiro atoms. The van der Waals surface area contributed by atoms with Gasteiger partial charge in [0.1, 0.15) is 0 Å². The Bertz CT molecular complexity index is 4050. The number of rotatable bonds is 10. The molecule has 0 N–H and O–H groups in total. The molecule has 12 aromatic rings. The fraction of sp³-hybridized carbons (Fsp3) is 0.275. The molecule has 99 heavy (non-hydrogen) atoms. The van der Waals surface area contributed by atoms with Crippen LogP contribution in [0.1, 0.15) is 171 Å². The largest absolute Gasteiger partial charge is 0.122 e. The number of alkyl halides is 8. The van der Waals surface area contributed by atoms with Crippen molar-refractivity contribution in [3.63, 3.8) is 0 Å². The molecule has 0 fully saturated rings. The lowest BCUT2D eigenvalue weighted by molar-refractivity contribution is 0.567. The van der Waals surface area contributed by atoms with Gasteiger partial charge in [-0.1, -0.05) is 402 Å². The Hall–Kier alpha value is -5.69.